The first-order valence-corrected chi connectivity index (χ1v) is 12.3. The van der Waals surface area contributed by atoms with Crippen molar-refractivity contribution >= 4 is 41.3 Å². The van der Waals surface area contributed by atoms with Crippen LogP contribution < -0.4 is 9.80 Å². The van der Waals surface area contributed by atoms with Gasteiger partial charge in [-0.25, -0.2) is 19.4 Å². The Kier molecular flexibility index (Phi) is 6.45. The number of hydrogen-bond donors (Lipinski definition) is 1. The number of rotatable bonds is 5. The number of para-hydroxylation sites is 1. The lowest BCUT2D eigenvalue weighted by atomic mass is 10.0. The molecule has 0 aliphatic carbocycles. The Labute approximate surface area is 225 Å². The van der Waals surface area contributed by atoms with Crippen molar-refractivity contribution in [2.24, 2.45) is 0 Å². The van der Waals surface area contributed by atoms with E-state index in [4.69, 9.17) is 0 Å². The highest BCUT2D eigenvalue weighted by Gasteiger charge is 2.43. The maximum atomic E-state index is 13.7. The molecule has 0 spiro atoms. The number of benzene rings is 3. The predicted molar refractivity (Wildman–Crippen MR) is 148 cm³/mol. The minimum Gasteiger partial charge on any atom is -0.478 e. The van der Waals surface area contributed by atoms with Gasteiger partial charge in [0.05, 0.1) is 16.9 Å². The number of urea groups is 1. The third kappa shape index (κ3) is 4.53. The highest BCUT2D eigenvalue weighted by Crippen LogP contribution is 2.31. The third-order valence-corrected chi connectivity index (χ3v) is 6.68. The van der Waals surface area contributed by atoms with E-state index in [0.29, 0.717) is 28.3 Å². The molecular formula is C31H25N3O5. The number of nitrogens with zero attached hydrogens (tertiary/aromatic N) is 3. The molecule has 0 radical (unpaired) electrons. The van der Waals surface area contributed by atoms with Crippen LogP contribution in [0.3, 0.4) is 0 Å². The fourth-order valence-corrected chi connectivity index (χ4v) is 4.72. The smallest absolute Gasteiger partial charge is 0.343 e. The molecule has 1 fully saturated rings. The summed E-state index contributed by atoms with van der Waals surface area (Å²) in [6, 6.07) is 23.0. The summed E-state index contributed by atoms with van der Waals surface area (Å²) >= 11 is 0. The molecule has 0 unspecified atom stereocenters. The van der Waals surface area contributed by atoms with E-state index in [1.807, 2.05) is 31.4 Å². The molecular weight excluding hydrogens is 494 g/mol. The van der Waals surface area contributed by atoms with E-state index >= 15 is 0 Å². The van der Waals surface area contributed by atoms with Gasteiger partial charge in [0.25, 0.3) is 11.8 Å². The Morgan fingerprint density at radius 2 is 1.31 bits per heavy atom. The molecule has 39 heavy (non-hydrogen) atoms. The van der Waals surface area contributed by atoms with Gasteiger partial charge >= 0.3 is 12.0 Å². The molecule has 0 atom stereocenters. The number of carbonyl (C=O) groups is 4. The van der Waals surface area contributed by atoms with Crippen molar-refractivity contribution in [3.63, 3.8) is 0 Å². The van der Waals surface area contributed by atoms with Crippen LogP contribution in [-0.4, -0.2) is 33.5 Å². The number of amides is 4. The van der Waals surface area contributed by atoms with E-state index in [1.54, 1.807) is 72.8 Å². The number of carbonyl (C=O) groups excluding carboxylic acids is 3. The lowest BCUT2D eigenvalue weighted by Crippen LogP contribution is -2.57. The molecule has 4 amide bonds. The van der Waals surface area contributed by atoms with Crippen LogP contribution in [-0.2, 0) is 9.59 Å². The maximum absolute atomic E-state index is 13.7. The van der Waals surface area contributed by atoms with Gasteiger partial charge in [0.15, 0.2) is 0 Å². The number of imide groups is 2. The molecule has 1 saturated heterocycles. The summed E-state index contributed by atoms with van der Waals surface area (Å²) in [5.41, 5.74) is 4.35. The van der Waals surface area contributed by atoms with Crippen molar-refractivity contribution in [1.82, 2.24) is 4.57 Å². The highest BCUT2D eigenvalue weighted by molar-refractivity contribution is 6.46. The number of aromatic nitrogens is 1. The number of hydrogen-bond acceptors (Lipinski definition) is 4. The number of carboxylic acid groups (broad SMARTS) is 1. The van der Waals surface area contributed by atoms with Gasteiger partial charge < -0.3 is 9.67 Å². The Hall–Kier alpha value is -5.24. The van der Waals surface area contributed by atoms with Crippen LogP contribution in [0.4, 0.5) is 16.2 Å². The Balaban J connectivity index is 1.65. The molecule has 1 aliphatic rings. The lowest BCUT2D eigenvalue weighted by molar-refractivity contribution is -0.121. The highest BCUT2D eigenvalue weighted by atomic mass is 16.4. The minimum absolute atomic E-state index is 0.142. The van der Waals surface area contributed by atoms with Crippen LogP contribution in [0, 0.1) is 20.8 Å². The monoisotopic (exact) mass is 519 g/mol. The second-order valence-electron chi connectivity index (χ2n) is 9.31. The van der Waals surface area contributed by atoms with Gasteiger partial charge in [-0.2, -0.15) is 0 Å². The second kappa shape index (κ2) is 9.90. The molecule has 8 heteroatoms. The summed E-state index contributed by atoms with van der Waals surface area (Å²) in [7, 11) is 0. The van der Waals surface area contributed by atoms with E-state index in [2.05, 4.69) is 0 Å². The summed E-state index contributed by atoms with van der Waals surface area (Å²) in [4.78, 5) is 54.5. The van der Waals surface area contributed by atoms with Gasteiger partial charge in [-0.15, -0.1) is 0 Å². The van der Waals surface area contributed by atoms with E-state index in [9.17, 15) is 24.3 Å². The zero-order valence-electron chi connectivity index (χ0n) is 21.6. The standard InChI is InChI=1S/C31H25N3O5/c1-19-12-14-25(15-13-19)34-29(36)27(28(35)33(31(34)39)24-9-5-4-6-10-24)18-23-16-20(2)32(21(23)3)26-11-7-8-22(17-26)30(37)38/h4-18H,1-3H3,(H,37,38)/b27-18+. The van der Waals surface area contributed by atoms with E-state index in [1.165, 1.54) is 12.1 Å². The number of barbiturate groups is 1. The van der Waals surface area contributed by atoms with Crippen LogP contribution in [0.2, 0.25) is 0 Å². The molecule has 1 aromatic heterocycles. The number of carboxylic acids is 1. The van der Waals surface area contributed by atoms with E-state index in [0.717, 1.165) is 21.1 Å². The fourth-order valence-electron chi connectivity index (χ4n) is 4.72. The molecule has 2 heterocycles. The lowest BCUT2D eigenvalue weighted by Gasteiger charge is -2.34. The zero-order chi connectivity index (χ0) is 27.8. The topological polar surface area (TPSA) is 99.9 Å². The first-order chi connectivity index (χ1) is 18.7. The molecule has 0 saturated carbocycles. The van der Waals surface area contributed by atoms with Gasteiger partial charge in [0.1, 0.15) is 5.57 Å². The van der Waals surface area contributed by atoms with Crippen LogP contribution in [0.5, 0.6) is 0 Å². The quantitative estimate of drug-likeness (QED) is 0.270. The van der Waals surface area contributed by atoms with Gasteiger partial charge in [-0.1, -0.05) is 42.0 Å². The maximum Gasteiger partial charge on any atom is 0.343 e. The van der Waals surface area contributed by atoms with Crippen molar-refractivity contribution < 1.29 is 24.3 Å². The van der Waals surface area contributed by atoms with Crippen LogP contribution in [0.1, 0.15) is 32.9 Å². The van der Waals surface area contributed by atoms with E-state index < -0.39 is 23.8 Å². The predicted octanol–water partition coefficient (Wildman–Crippen LogP) is 5.68. The SMILES string of the molecule is Cc1ccc(N2C(=O)/C(=C/c3cc(C)n(-c4cccc(C(=O)O)c4)c3C)C(=O)N(c3ccccc3)C2=O)cc1. The van der Waals surface area contributed by atoms with Gasteiger partial charge in [0.2, 0.25) is 0 Å². The largest absolute Gasteiger partial charge is 0.478 e. The zero-order valence-corrected chi connectivity index (χ0v) is 21.6. The van der Waals surface area contributed by atoms with Crippen LogP contribution >= 0.6 is 0 Å². The van der Waals surface area contributed by atoms with Crippen molar-refractivity contribution in [3.8, 4) is 5.69 Å². The summed E-state index contributed by atoms with van der Waals surface area (Å²) in [5.74, 6) is -2.49. The average molecular weight is 520 g/mol. The molecule has 3 aromatic carbocycles. The van der Waals surface area contributed by atoms with Crippen molar-refractivity contribution in [1.29, 1.82) is 0 Å². The van der Waals surface area contributed by atoms with Gasteiger partial charge in [0, 0.05) is 17.1 Å². The van der Waals surface area contributed by atoms with Crippen molar-refractivity contribution in [2.75, 3.05) is 9.80 Å². The molecule has 5 rings (SSSR count). The average Bonchev–Trinajstić information content (AvgIpc) is 3.20. The Bertz CT molecular complexity index is 1670. The van der Waals surface area contributed by atoms with Crippen LogP contribution in [0.15, 0.2) is 90.5 Å². The van der Waals surface area contributed by atoms with E-state index in [-0.39, 0.29) is 11.1 Å². The molecule has 1 N–H and O–H groups in total. The minimum atomic E-state index is -1.04. The normalized spacial score (nSPS) is 14.8. The van der Waals surface area contributed by atoms with Gasteiger partial charge in [-0.05, 0) is 80.9 Å². The number of aromatic carboxylic acids is 1. The van der Waals surface area contributed by atoms with Crippen molar-refractivity contribution in [3.05, 3.63) is 119 Å². The van der Waals surface area contributed by atoms with Gasteiger partial charge in [-0.3, -0.25) is 9.59 Å². The molecule has 1 aliphatic heterocycles. The van der Waals surface area contributed by atoms with Crippen molar-refractivity contribution in [2.45, 2.75) is 20.8 Å². The summed E-state index contributed by atoms with van der Waals surface area (Å²) in [5, 5.41) is 9.42. The molecule has 8 nitrogen and oxygen atoms in total. The fraction of sp³-hybridized carbons (Fsp3) is 0.0968. The Morgan fingerprint density at radius 1 is 0.718 bits per heavy atom. The Morgan fingerprint density at radius 3 is 1.92 bits per heavy atom. The molecule has 0 bridgehead atoms. The summed E-state index contributed by atoms with van der Waals surface area (Å²) in [6.07, 6.45) is 1.49. The summed E-state index contributed by atoms with van der Waals surface area (Å²) < 4.78 is 1.86. The first kappa shape index (κ1) is 25.4. The molecule has 194 valence electrons. The number of anilines is 2. The number of aryl methyl sites for hydroxylation is 2. The first-order valence-electron chi connectivity index (χ1n) is 12.3. The molecule has 4 aromatic rings. The second-order valence-corrected chi connectivity index (χ2v) is 9.31. The summed E-state index contributed by atoms with van der Waals surface area (Å²) in [6.45, 7) is 5.57. The van der Waals surface area contributed by atoms with Crippen LogP contribution in [0.25, 0.3) is 11.8 Å². The third-order valence-electron chi connectivity index (χ3n) is 6.68.